The lowest BCUT2D eigenvalue weighted by Crippen LogP contribution is -2.47. The zero-order valence-corrected chi connectivity index (χ0v) is 11.1. The second kappa shape index (κ2) is 7.07. The van der Waals surface area contributed by atoms with E-state index in [9.17, 15) is 4.79 Å². The third-order valence-corrected chi connectivity index (χ3v) is 4.00. The fraction of sp³-hybridized carbons (Fsp3) is 0.923. The van der Waals surface area contributed by atoms with E-state index >= 15 is 0 Å². The van der Waals surface area contributed by atoms with Crippen LogP contribution in [0.1, 0.15) is 19.3 Å². The normalized spacial score (nSPS) is 23.3. The topological polar surface area (TPSA) is 58.8 Å². The quantitative estimate of drug-likeness (QED) is 0.762. The zero-order valence-electron chi connectivity index (χ0n) is 11.1. The minimum Gasteiger partial charge on any atom is -0.378 e. The molecule has 2 aliphatic heterocycles. The maximum atomic E-state index is 12.1. The highest BCUT2D eigenvalue weighted by atomic mass is 16.5. The SMILES string of the molecule is NCCC1CCN(CC(=O)N2CCOCC2)CC1. The molecule has 0 radical (unpaired) electrons. The molecule has 104 valence electrons. The van der Waals surface area contributed by atoms with Gasteiger partial charge < -0.3 is 15.4 Å². The van der Waals surface area contributed by atoms with Crippen molar-refractivity contribution >= 4 is 5.91 Å². The second-order valence-electron chi connectivity index (χ2n) is 5.29. The molecular weight excluding hydrogens is 230 g/mol. The van der Waals surface area contributed by atoms with Crippen LogP contribution in [-0.2, 0) is 9.53 Å². The molecule has 5 heteroatoms. The summed E-state index contributed by atoms with van der Waals surface area (Å²) in [6.07, 6.45) is 3.51. The van der Waals surface area contributed by atoms with Crippen LogP contribution in [-0.4, -0.2) is 68.2 Å². The molecule has 2 saturated heterocycles. The average Bonchev–Trinajstić information content (AvgIpc) is 2.42. The van der Waals surface area contributed by atoms with Crippen molar-refractivity contribution in [2.45, 2.75) is 19.3 Å². The summed E-state index contributed by atoms with van der Waals surface area (Å²) < 4.78 is 5.26. The van der Waals surface area contributed by atoms with Gasteiger partial charge in [-0.2, -0.15) is 0 Å². The van der Waals surface area contributed by atoms with Crippen LogP contribution in [0.5, 0.6) is 0 Å². The van der Waals surface area contributed by atoms with Gasteiger partial charge in [0.2, 0.25) is 5.91 Å². The Bertz CT molecular complexity index is 259. The van der Waals surface area contributed by atoms with Crippen molar-refractivity contribution in [3.8, 4) is 0 Å². The van der Waals surface area contributed by atoms with Crippen molar-refractivity contribution in [3.63, 3.8) is 0 Å². The number of rotatable bonds is 4. The number of carbonyl (C=O) groups is 1. The molecule has 0 saturated carbocycles. The third-order valence-electron chi connectivity index (χ3n) is 4.00. The molecule has 2 N–H and O–H groups in total. The Hall–Kier alpha value is -0.650. The first-order valence-electron chi connectivity index (χ1n) is 7.07. The fourth-order valence-electron chi connectivity index (χ4n) is 2.77. The number of hydrogen-bond acceptors (Lipinski definition) is 4. The van der Waals surface area contributed by atoms with Crippen molar-refractivity contribution in [1.82, 2.24) is 9.80 Å². The Kier molecular flexibility index (Phi) is 5.41. The number of piperidine rings is 1. The van der Waals surface area contributed by atoms with E-state index in [-0.39, 0.29) is 5.91 Å². The van der Waals surface area contributed by atoms with E-state index in [0.717, 1.165) is 45.1 Å². The summed E-state index contributed by atoms with van der Waals surface area (Å²) in [5.41, 5.74) is 5.59. The monoisotopic (exact) mass is 255 g/mol. The Morgan fingerprint density at radius 1 is 1.17 bits per heavy atom. The van der Waals surface area contributed by atoms with Gasteiger partial charge in [0.1, 0.15) is 0 Å². The standard InChI is InChI=1S/C13H25N3O2/c14-4-1-12-2-5-15(6-3-12)11-13(17)16-7-9-18-10-8-16/h12H,1-11,14H2. The molecule has 0 unspecified atom stereocenters. The van der Waals surface area contributed by atoms with Gasteiger partial charge in [-0.15, -0.1) is 0 Å². The Morgan fingerprint density at radius 3 is 2.44 bits per heavy atom. The van der Waals surface area contributed by atoms with Crippen molar-refractivity contribution < 1.29 is 9.53 Å². The van der Waals surface area contributed by atoms with Crippen LogP contribution < -0.4 is 5.73 Å². The lowest BCUT2D eigenvalue weighted by molar-refractivity contribution is -0.136. The van der Waals surface area contributed by atoms with E-state index in [4.69, 9.17) is 10.5 Å². The van der Waals surface area contributed by atoms with Crippen LogP contribution in [0.4, 0.5) is 0 Å². The minimum atomic E-state index is 0.260. The highest BCUT2D eigenvalue weighted by Crippen LogP contribution is 2.19. The highest BCUT2D eigenvalue weighted by molar-refractivity contribution is 5.78. The van der Waals surface area contributed by atoms with Gasteiger partial charge in [0.15, 0.2) is 0 Å². The molecule has 2 aliphatic rings. The van der Waals surface area contributed by atoms with Gasteiger partial charge in [0.05, 0.1) is 19.8 Å². The summed E-state index contributed by atoms with van der Waals surface area (Å²) in [7, 11) is 0. The predicted octanol–water partition coefficient (Wildman–Crippen LogP) is -0.0940. The van der Waals surface area contributed by atoms with E-state index in [1.165, 1.54) is 12.8 Å². The van der Waals surface area contributed by atoms with Crippen molar-refractivity contribution in [2.75, 3.05) is 52.5 Å². The van der Waals surface area contributed by atoms with Gasteiger partial charge in [-0.1, -0.05) is 0 Å². The minimum absolute atomic E-state index is 0.260. The highest BCUT2D eigenvalue weighted by Gasteiger charge is 2.23. The van der Waals surface area contributed by atoms with Crippen molar-refractivity contribution in [2.24, 2.45) is 11.7 Å². The van der Waals surface area contributed by atoms with Gasteiger partial charge in [0.25, 0.3) is 0 Å². The van der Waals surface area contributed by atoms with Crippen molar-refractivity contribution in [1.29, 1.82) is 0 Å². The van der Waals surface area contributed by atoms with E-state index in [2.05, 4.69) is 4.90 Å². The molecule has 0 aromatic carbocycles. The molecule has 0 aromatic rings. The lowest BCUT2D eigenvalue weighted by atomic mass is 9.94. The largest absolute Gasteiger partial charge is 0.378 e. The number of likely N-dealkylation sites (tertiary alicyclic amines) is 1. The summed E-state index contributed by atoms with van der Waals surface area (Å²) in [4.78, 5) is 16.3. The molecule has 1 amide bonds. The Morgan fingerprint density at radius 2 is 1.83 bits per heavy atom. The van der Waals surface area contributed by atoms with Gasteiger partial charge in [-0.05, 0) is 44.8 Å². The van der Waals surface area contributed by atoms with Gasteiger partial charge in [-0.3, -0.25) is 9.69 Å². The molecule has 18 heavy (non-hydrogen) atoms. The molecule has 2 fully saturated rings. The molecule has 0 aromatic heterocycles. The predicted molar refractivity (Wildman–Crippen MR) is 70.2 cm³/mol. The van der Waals surface area contributed by atoms with Crippen LogP contribution in [0.15, 0.2) is 0 Å². The van der Waals surface area contributed by atoms with Gasteiger partial charge >= 0.3 is 0 Å². The number of carbonyl (C=O) groups excluding carboxylic acids is 1. The summed E-state index contributed by atoms with van der Waals surface area (Å²) >= 11 is 0. The summed E-state index contributed by atoms with van der Waals surface area (Å²) in [6, 6.07) is 0. The van der Waals surface area contributed by atoms with Crippen LogP contribution in [0.2, 0.25) is 0 Å². The number of morpholine rings is 1. The number of nitrogens with zero attached hydrogens (tertiary/aromatic N) is 2. The average molecular weight is 255 g/mol. The van der Waals surface area contributed by atoms with E-state index in [1.807, 2.05) is 4.90 Å². The summed E-state index contributed by atoms with van der Waals surface area (Å²) in [5.74, 6) is 1.03. The smallest absolute Gasteiger partial charge is 0.236 e. The van der Waals surface area contributed by atoms with Crippen LogP contribution in [0.25, 0.3) is 0 Å². The Labute approximate surface area is 109 Å². The molecular formula is C13H25N3O2. The number of ether oxygens (including phenoxy) is 1. The molecule has 2 rings (SSSR count). The number of amides is 1. The maximum Gasteiger partial charge on any atom is 0.236 e. The van der Waals surface area contributed by atoms with E-state index in [0.29, 0.717) is 19.8 Å². The van der Waals surface area contributed by atoms with Gasteiger partial charge in [-0.25, -0.2) is 0 Å². The summed E-state index contributed by atoms with van der Waals surface area (Å²) in [6.45, 7) is 6.33. The molecule has 0 aliphatic carbocycles. The molecule has 2 heterocycles. The molecule has 0 bridgehead atoms. The van der Waals surface area contributed by atoms with Crippen LogP contribution >= 0.6 is 0 Å². The number of hydrogen-bond donors (Lipinski definition) is 1. The first-order valence-corrected chi connectivity index (χ1v) is 7.07. The van der Waals surface area contributed by atoms with Crippen LogP contribution in [0.3, 0.4) is 0 Å². The fourth-order valence-corrected chi connectivity index (χ4v) is 2.77. The summed E-state index contributed by atoms with van der Waals surface area (Å²) in [5, 5.41) is 0. The molecule has 0 spiro atoms. The Balaban J connectivity index is 1.68. The maximum absolute atomic E-state index is 12.1. The first-order chi connectivity index (χ1) is 8.79. The van der Waals surface area contributed by atoms with Crippen molar-refractivity contribution in [3.05, 3.63) is 0 Å². The van der Waals surface area contributed by atoms with E-state index < -0.39 is 0 Å². The number of nitrogens with two attached hydrogens (primary N) is 1. The zero-order chi connectivity index (χ0) is 12.8. The first kappa shape index (κ1) is 13.8. The molecule has 5 nitrogen and oxygen atoms in total. The van der Waals surface area contributed by atoms with Gasteiger partial charge in [0, 0.05) is 13.1 Å². The van der Waals surface area contributed by atoms with E-state index in [1.54, 1.807) is 0 Å². The second-order valence-corrected chi connectivity index (χ2v) is 5.29. The lowest BCUT2D eigenvalue weighted by Gasteiger charge is -2.34. The molecule has 0 atom stereocenters. The third kappa shape index (κ3) is 3.93. The van der Waals surface area contributed by atoms with Crippen LogP contribution in [0, 0.1) is 5.92 Å².